The van der Waals surface area contributed by atoms with Crippen molar-refractivity contribution in [3.63, 3.8) is 0 Å². The van der Waals surface area contributed by atoms with Gasteiger partial charge in [-0.15, -0.1) is 0 Å². The highest BCUT2D eigenvalue weighted by Crippen LogP contribution is 2.39. The monoisotopic (exact) mass is 379 g/mol. The second-order valence-electron chi connectivity index (χ2n) is 7.53. The van der Waals surface area contributed by atoms with E-state index in [0.717, 1.165) is 16.7 Å². The molecule has 1 N–H and O–H groups in total. The van der Waals surface area contributed by atoms with E-state index < -0.39 is 13.7 Å². The smallest absolute Gasteiger partial charge is 0.146 e. The molecule has 0 saturated carbocycles. The molecule has 1 aliphatic heterocycles. The second kappa shape index (κ2) is 6.26. The van der Waals surface area contributed by atoms with Crippen LogP contribution in [0.1, 0.15) is 16.7 Å². The third kappa shape index (κ3) is 2.21. The van der Waals surface area contributed by atoms with Crippen LogP contribution >= 0.6 is 0 Å². The molecule has 0 spiro atoms. The van der Waals surface area contributed by atoms with Gasteiger partial charge in [-0.25, -0.2) is 0 Å². The summed E-state index contributed by atoms with van der Waals surface area (Å²) in [7, 11) is -2.28. The predicted octanol–water partition coefficient (Wildman–Crippen LogP) is 2.78. The molecule has 0 aliphatic carbocycles. The maximum atomic E-state index is 12.2. The number of hydrogen-bond donors (Lipinski definition) is 1. The maximum Gasteiger partial charge on any atom is 0.146 e. The Balaban J connectivity index is 1.91. The fourth-order valence-electron chi connectivity index (χ4n) is 4.72. The van der Waals surface area contributed by atoms with Crippen LogP contribution in [-0.2, 0) is 5.60 Å². The van der Waals surface area contributed by atoms with Crippen molar-refractivity contribution >= 4 is 23.6 Å². The summed E-state index contributed by atoms with van der Waals surface area (Å²) in [6.07, 6.45) is 3.71. The van der Waals surface area contributed by atoms with Crippen molar-refractivity contribution in [3.8, 4) is 0 Å². The molecule has 0 saturated heterocycles. The van der Waals surface area contributed by atoms with Gasteiger partial charge in [0.25, 0.3) is 0 Å². The molecule has 0 radical (unpaired) electrons. The quantitative estimate of drug-likeness (QED) is 0.543. The molecule has 0 amide bonds. The molecule has 1 aliphatic rings. The van der Waals surface area contributed by atoms with Crippen LogP contribution < -0.4 is 15.6 Å². The van der Waals surface area contributed by atoms with Crippen molar-refractivity contribution in [1.82, 2.24) is 4.98 Å². The Kier molecular flexibility index (Phi) is 3.83. The van der Waals surface area contributed by atoms with Crippen molar-refractivity contribution in [3.05, 3.63) is 120 Å². The fraction of sp³-hybridized carbons (Fsp3) is 0.0800. The summed E-state index contributed by atoms with van der Waals surface area (Å²) < 4.78 is 0. The van der Waals surface area contributed by atoms with E-state index in [9.17, 15) is 5.11 Å². The molecule has 2 atom stereocenters. The van der Waals surface area contributed by atoms with E-state index in [2.05, 4.69) is 66.1 Å². The van der Waals surface area contributed by atoms with Gasteiger partial charge in [-0.1, -0.05) is 91.5 Å². The molecule has 2 unspecified atom stereocenters. The SMILES string of the molecule is C[Si]1(c2ccccc2)c2ccccc2C(O)(c2ccccc2)c2cnccc21. The first kappa shape index (κ1) is 17.1. The summed E-state index contributed by atoms with van der Waals surface area (Å²) in [5.74, 6) is 0. The van der Waals surface area contributed by atoms with E-state index in [-0.39, 0.29) is 0 Å². The van der Waals surface area contributed by atoms with Gasteiger partial charge in [0.15, 0.2) is 0 Å². The third-order valence-electron chi connectivity index (χ3n) is 6.15. The van der Waals surface area contributed by atoms with E-state index in [0.29, 0.717) is 0 Å². The molecule has 3 aromatic carbocycles. The summed E-state index contributed by atoms with van der Waals surface area (Å²) in [6, 6.07) is 31.2. The summed E-state index contributed by atoms with van der Waals surface area (Å²) >= 11 is 0. The van der Waals surface area contributed by atoms with Crippen molar-refractivity contribution < 1.29 is 5.11 Å². The number of fused-ring (bicyclic) bond motifs is 2. The minimum Gasteiger partial charge on any atom is -0.376 e. The van der Waals surface area contributed by atoms with E-state index in [4.69, 9.17) is 0 Å². The number of hydrogen-bond acceptors (Lipinski definition) is 2. The average molecular weight is 380 g/mol. The van der Waals surface area contributed by atoms with Crippen LogP contribution in [0.25, 0.3) is 0 Å². The molecule has 2 nitrogen and oxygen atoms in total. The zero-order chi connectivity index (χ0) is 19.2. The van der Waals surface area contributed by atoms with E-state index in [1.807, 2.05) is 48.8 Å². The lowest BCUT2D eigenvalue weighted by atomic mass is 9.80. The Labute approximate surface area is 166 Å². The molecule has 3 heteroatoms. The highest BCUT2D eigenvalue weighted by atomic mass is 28.3. The van der Waals surface area contributed by atoms with Gasteiger partial charge in [-0.3, -0.25) is 4.98 Å². The van der Waals surface area contributed by atoms with Crippen LogP contribution in [-0.4, -0.2) is 18.2 Å². The van der Waals surface area contributed by atoms with Crippen molar-refractivity contribution in [2.45, 2.75) is 12.1 Å². The molecular weight excluding hydrogens is 358 g/mol. The Hall–Kier alpha value is -3.01. The van der Waals surface area contributed by atoms with Gasteiger partial charge >= 0.3 is 0 Å². The normalized spacial score (nSPS) is 22.9. The van der Waals surface area contributed by atoms with Gasteiger partial charge in [-0.05, 0) is 32.8 Å². The maximum absolute atomic E-state index is 12.2. The lowest BCUT2D eigenvalue weighted by Gasteiger charge is -2.44. The third-order valence-corrected chi connectivity index (χ3v) is 10.7. The molecule has 5 rings (SSSR count). The molecule has 2 heterocycles. The van der Waals surface area contributed by atoms with Crippen LogP contribution in [0.2, 0.25) is 6.55 Å². The number of rotatable bonds is 2. The van der Waals surface area contributed by atoms with Crippen LogP contribution in [0.3, 0.4) is 0 Å². The summed E-state index contributed by atoms with van der Waals surface area (Å²) in [4.78, 5) is 4.41. The molecule has 28 heavy (non-hydrogen) atoms. The van der Waals surface area contributed by atoms with Gasteiger partial charge in [-0.2, -0.15) is 0 Å². The summed E-state index contributed by atoms with van der Waals surface area (Å²) in [5, 5.41) is 16.0. The number of aromatic nitrogens is 1. The van der Waals surface area contributed by atoms with Crippen molar-refractivity contribution in [2.75, 3.05) is 0 Å². The van der Waals surface area contributed by atoms with E-state index >= 15 is 0 Å². The highest BCUT2D eigenvalue weighted by molar-refractivity contribution is 7.11. The largest absolute Gasteiger partial charge is 0.376 e. The lowest BCUT2D eigenvalue weighted by Crippen LogP contribution is -2.71. The average Bonchev–Trinajstić information content (AvgIpc) is 2.79. The van der Waals surface area contributed by atoms with Crippen molar-refractivity contribution in [2.24, 2.45) is 0 Å². The number of nitrogens with zero attached hydrogens (tertiary/aromatic N) is 1. The minimum atomic E-state index is -2.28. The predicted molar refractivity (Wildman–Crippen MR) is 116 cm³/mol. The lowest BCUT2D eigenvalue weighted by molar-refractivity contribution is 0.126. The minimum absolute atomic E-state index is 0.876. The van der Waals surface area contributed by atoms with Crippen LogP contribution in [0.4, 0.5) is 0 Å². The van der Waals surface area contributed by atoms with Gasteiger partial charge in [0.2, 0.25) is 0 Å². The zero-order valence-corrected chi connectivity index (χ0v) is 16.7. The van der Waals surface area contributed by atoms with Gasteiger partial charge < -0.3 is 5.11 Å². The van der Waals surface area contributed by atoms with Gasteiger partial charge in [0.05, 0.1) is 0 Å². The number of aliphatic hydroxyl groups is 1. The Bertz CT molecular complexity index is 1000. The molecule has 136 valence electrons. The number of pyridine rings is 1. The Morgan fingerprint density at radius 2 is 1.32 bits per heavy atom. The topological polar surface area (TPSA) is 33.1 Å². The summed E-state index contributed by atoms with van der Waals surface area (Å²) in [5.41, 5.74) is 1.54. The highest BCUT2D eigenvalue weighted by Gasteiger charge is 2.50. The molecule has 0 fully saturated rings. The van der Waals surface area contributed by atoms with E-state index in [1.54, 1.807) is 0 Å². The molecule has 1 aromatic heterocycles. The molecule has 4 aromatic rings. The fourth-order valence-corrected chi connectivity index (χ4v) is 8.91. The second-order valence-corrected chi connectivity index (χ2v) is 11.4. The standard InChI is InChI=1S/C25H21NOSi/c1-28(20-12-6-3-7-13-20)23-15-9-8-14-21(23)25(27,19-10-4-2-5-11-19)22-18-26-17-16-24(22)28/h2-18,27H,1H3. The van der Waals surface area contributed by atoms with Gasteiger partial charge in [0.1, 0.15) is 13.7 Å². The first-order chi connectivity index (χ1) is 13.7. The first-order valence-corrected chi connectivity index (χ1v) is 12.0. The molecule has 0 bridgehead atoms. The number of benzene rings is 3. The zero-order valence-electron chi connectivity index (χ0n) is 15.7. The van der Waals surface area contributed by atoms with E-state index in [1.165, 1.54) is 15.6 Å². The van der Waals surface area contributed by atoms with Gasteiger partial charge in [0, 0.05) is 18.0 Å². The van der Waals surface area contributed by atoms with Crippen LogP contribution in [0, 0.1) is 0 Å². The summed E-state index contributed by atoms with van der Waals surface area (Å²) in [6.45, 7) is 2.38. The van der Waals surface area contributed by atoms with Crippen LogP contribution in [0.15, 0.2) is 103 Å². The Morgan fingerprint density at radius 3 is 2.07 bits per heavy atom. The molecular formula is C25H21NOSi. The van der Waals surface area contributed by atoms with Crippen molar-refractivity contribution in [1.29, 1.82) is 0 Å². The Morgan fingerprint density at radius 1 is 0.714 bits per heavy atom. The first-order valence-electron chi connectivity index (χ1n) is 9.55. The van der Waals surface area contributed by atoms with Crippen LogP contribution in [0.5, 0.6) is 0 Å².